The predicted molar refractivity (Wildman–Crippen MR) is 91.2 cm³/mol. The van der Waals surface area contributed by atoms with E-state index in [0.717, 1.165) is 16.9 Å². The molecule has 0 aliphatic heterocycles. The molecule has 114 valence electrons. The summed E-state index contributed by atoms with van der Waals surface area (Å²) in [6.45, 7) is 7.86. The van der Waals surface area contributed by atoms with Crippen molar-refractivity contribution in [2.45, 2.75) is 36.5 Å². The molecule has 3 heteroatoms. The van der Waals surface area contributed by atoms with Crippen molar-refractivity contribution in [1.82, 2.24) is 0 Å². The number of carbonyl (C=O) groups is 1. The smallest absolute Gasteiger partial charge is 0.162 e. The summed E-state index contributed by atoms with van der Waals surface area (Å²) in [4.78, 5) is 13.5. The van der Waals surface area contributed by atoms with E-state index < -0.39 is 10.8 Å². The van der Waals surface area contributed by atoms with Crippen LogP contribution in [0.25, 0.3) is 5.57 Å². The molecule has 2 rings (SSSR count). The molecular formula is C19H20O2S. The van der Waals surface area contributed by atoms with Gasteiger partial charge in [0, 0.05) is 22.5 Å². The average molecular weight is 312 g/mol. The van der Waals surface area contributed by atoms with E-state index in [9.17, 15) is 9.00 Å². The molecule has 0 saturated carbocycles. The zero-order chi connectivity index (χ0) is 16.1. The van der Waals surface area contributed by atoms with E-state index in [-0.39, 0.29) is 5.78 Å². The molecule has 0 fully saturated rings. The van der Waals surface area contributed by atoms with Crippen molar-refractivity contribution in [2.75, 3.05) is 0 Å². The molecule has 0 bridgehead atoms. The number of carbonyl (C=O) groups excluding carboxylic acids is 1. The number of Topliss-reactive ketones (excluding diaryl/α,β-unsaturated/α-hetero) is 1. The third-order valence-corrected chi connectivity index (χ3v) is 4.92. The number of rotatable bonds is 6. The first-order chi connectivity index (χ1) is 10.5. The summed E-state index contributed by atoms with van der Waals surface area (Å²) in [6, 6.07) is 14.9. The minimum atomic E-state index is -1.32. The molecule has 0 radical (unpaired) electrons. The molecule has 0 aromatic heterocycles. The van der Waals surface area contributed by atoms with E-state index >= 15 is 0 Å². The van der Waals surface area contributed by atoms with Gasteiger partial charge in [0.1, 0.15) is 0 Å². The molecule has 2 aromatic rings. The molecule has 2 nitrogen and oxygen atoms in total. The van der Waals surface area contributed by atoms with Gasteiger partial charge < -0.3 is 0 Å². The summed E-state index contributed by atoms with van der Waals surface area (Å²) in [7, 11) is -1.32. The Morgan fingerprint density at radius 3 is 2.36 bits per heavy atom. The first kappa shape index (κ1) is 16.4. The maximum atomic E-state index is 12.8. The minimum absolute atomic E-state index is 0.0101. The van der Waals surface area contributed by atoms with Gasteiger partial charge in [0.05, 0.1) is 15.7 Å². The molecule has 0 aliphatic carbocycles. The molecule has 2 aromatic carbocycles. The van der Waals surface area contributed by atoms with Crippen LogP contribution < -0.4 is 0 Å². The molecular weight excluding hydrogens is 292 g/mol. The molecule has 0 spiro atoms. The van der Waals surface area contributed by atoms with Gasteiger partial charge in [0.15, 0.2) is 5.78 Å². The van der Waals surface area contributed by atoms with Crippen LogP contribution in [-0.2, 0) is 15.6 Å². The minimum Gasteiger partial charge on any atom is -0.294 e. The van der Waals surface area contributed by atoms with Crippen molar-refractivity contribution >= 4 is 22.2 Å². The Morgan fingerprint density at radius 1 is 1.09 bits per heavy atom. The van der Waals surface area contributed by atoms with Crippen LogP contribution >= 0.6 is 0 Å². The van der Waals surface area contributed by atoms with E-state index in [4.69, 9.17) is 0 Å². The van der Waals surface area contributed by atoms with Crippen LogP contribution in [0.15, 0.2) is 64.9 Å². The highest BCUT2D eigenvalue weighted by Gasteiger charge is 2.17. The second-order valence-corrected chi connectivity index (χ2v) is 6.68. The summed E-state index contributed by atoms with van der Waals surface area (Å²) in [5.41, 5.74) is 2.24. The number of allylic oxidation sites excluding steroid dienone is 1. The highest BCUT2D eigenvalue weighted by Crippen LogP contribution is 2.26. The molecule has 0 N–H and O–H groups in total. The van der Waals surface area contributed by atoms with Crippen LogP contribution in [0.5, 0.6) is 0 Å². The van der Waals surface area contributed by atoms with Crippen molar-refractivity contribution in [2.24, 2.45) is 0 Å². The second-order valence-electron chi connectivity index (χ2n) is 5.23. The Hall–Kier alpha value is -2.00. The van der Waals surface area contributed by atoms with E-state index in [0.29, 0.717) is 22.5 Å². The zero-order valence-corrected chi connectivity index (χ0v) is 13.8. The van der Waals surface area contributed by atoms with Gasteiger partial charge >= 0.3 is 0 Å². The third kappa shape index (κ3) is 3.60. The molecule has 0 heterocycles. The van der Waals surface area contributed by atoms with Crippen molar-refractivity contribution in [3.05, 3.63) is 66.2 Å². The van der Waals surface area contributed by atoms with Crippen LogP contribution in [0.4, 0.5) is 0 Å². The Labute approximate surface area is 134 Å². The lowest BCUT2D eigenvalue weighted by Gasteiger charge is -2.11. The number of ketones is 1. The zero-order valence-electron chi connectivity index (χ0n) is 13.0. The van der Waals surface area contributed by atoms with E-state index in [1.807, 2.05) is 56.3 Å². The van der Waals surface area contributed by atoms with E-state index in [2.05, 4.69) is 6.58 Å². The number of hydrogen-bond acceptors (Lipinski definition) is 2. The third-order valence-electron chi connectivity index (χ3n) is 3.46. The van der Waals surface area contributed by atoms with Crippen LogP contribution in [0.2, 0.25) is 0 Å². The largest absolute Gasteiger partial charge is 0.294 e. The van der Waals surface area contributed by atoms with E-state index in [1.165, 1.54) is 0 Å². The monoisotopic (exact) mass is 312 g/mol. The lowest BCUT2D eigenvalue weighted by Crippen LogP contribution is -2.04. The molecule has 0 amide bonds. The average Bonchev–Trinajstić information content (AvgIpc) is 2.54. The maximum Gasteiger partial charge on any atom is 0.162 e. The van der Waals surface area contributed by atoms with Gasteiger partial charge in [-0.15, -0.1) is 0 Å². The summed E-state index contributed by atoms with van der Waals surface area (Å²) in [6.07, 6.45) is 1.24. The van der Waals surface area contributed by atoms with Crippen molar-refractivity contribution in [1.29, 1.82) is 0 Å². The quantitative estimate of drug-likeness (QED) is 0.734. The summed E-state index contributed by atoms with van der Waals surface area (Å²) >= 11 is 0. The van der Waals surface area contributed by atoms with Crippen LogP contribution in [0.3, 0.4) is 0 Å². The Kier molecular flexibility index (Phi) is 5.45. The fourth-order valence-corrected chi connectivity index (χ4v) is 3.42. The van der Waals surface area contributed by atoms with E-state index in [1.54, 1.807) is 6.07 Å². The van der Waals surface area contributed by atoms with Crippen molar-refractivity contribution in [3.63, 3.8) is 0 Å². The topological polar surface area (TPSA) is 34.1 Å². The molecule has 0 saturated heterocycles. The molecule has 22 heavy (non-hydrogen) atoms. The SMILES string of the molecule is C=C(C(=O)CCC)c1ccccc1[S@@](=O)c1ccc(C)cc1. The lowest BCUT2D eigenvalue weighted by molar-refractivity contribution is -0.113. The van der Waals surface area contributed by atoms with Crippen LogP contribution in [0.1, 0.15) is 30.9 Å². The standard InChI is InChI=1S/C19H20O2S/c1-4-7-18(20)15(3)17-8-5-6-9-19(17)22(21)16-12-10-14(2)11-13-16/h5-6,8-13H,3-4,7H2,1-2H3/t22-/m0/s1. The fraction of sp³-hybridized carbons (Fsp3) is 0.211. The Balaban J connectivity index is 2.40. The van der Waals surface area contributed by atoms with Gasteiger partial charge in [-0.1, -0.05) is 49.4 Å². The normalized spacial score (nSPS) is 11.9. The van der Waals surface area contributed by atoms with Gasteiger partial charge in [0.2, 0.25) is 0 Å². The Morgan fingerprint density at radius 2 is 1.73 bits per heavy atom. The van der Waals surface area contributed by atoms with Gasteiger partial charge in [-0.05, 0) is 31.5 Å². The number of hydrogen-bond donors (Lipinski definition) is 0. The maximum absolute atomic E-state index is 12.8. The number of aryl methyl sites for hydroxylation is 1. The highest BCUT2D eigenvalue weighted by molar-refractivity contribution is 7.85. The number of benzene rings is 2. The first-order valence-corrected chi connectivity index (χ1v) is 8.49. The molecule has 1 atom stereocenters. The van der Waals surface area contributed by atoms with Gasteiger partial charge in [0.25, 0.3) is 0 Å². The summed E-state index contributed by atoms with van der Waals surface area (Å²) in [5, 5.41) is 0. The predicted octanol–water partition coefficient (Wildman–Crippen LogP) is 4.54. The van der Waals surface area contributed by atoms with Crippen LogP contribution in [0, 0.1) is 6.92 Å². The van der Waals surface area contributed by atoms with Gasteiger partial charge in [-0.3, -0.25) is 4.79 Å². The second kappa shape index (κ2) is 7.32. The van der Waals surface area contributed by atoms with Crippen molar-refractivity contribution < 1.29 is 9.00 Å². The highest BCUT2D eigenvalue weighted by atomic mass is 32.2. The van der Waals surface area contributed by atoms with Crippen molar-refractivity contribution in [3.8, 4) is 0 Å². The van der Waals surface area contributed by atoms with Gasteiger partial charge in [-0.25, -0.2) is 4.21 Å². The lowest BCUT2D eigenvalue weighted by atomic mass is 10.0. The summed E-state index contributed by atoms with van der Waals surface area (Å²) < 4.78 is 12.8. The summed E-state index contributed by atoms with van der Waals surface area (Å²) in [5.74, 6) is 0.0101. The fourth-order valence-electron chi connectivity index (χ4n) is 2.19. The first-order valence-electron chi connectivity index (χ1n) is 7.34. The molecule has 0 unspecified atom stereocenters. The Bertz CT molecular complexity index is 714. The van der Waals surface area contributed by atoms with Crippen LogP contribution in [-0.4, -0.2) is 9.99 Å². The molecule has 0 aliphatic rings. The van der Waals surface area contributed by atoms with Gasteiger partial charge in [-0.2, -0.15) is 0 Å².